The summed E-state index contributed by atoms with van der Waals surface area (Å²) in [6.45, 7) is 4.56. The van der Waals surface area contributed by atoms with Crippen LogP contribution in [-0.4, -0.2) is 43.0 Å². The molecule has 108 valence electrons. The van der Waals surface area contributed by atoms with Gasteiger partial charge in [0.05, 0.1) is 12.4 Å². The van der Waals surface area contributed by atoms with Crippen LogP contribution in [0.3, 0.4) is 0 Å². The molecule has 6 nitrogen and oxygen atoms in total. The minimum Gasteiger partial charge on any atom is -0.355 e. The minimum absolute atomic E-state index is 0.0755. The lowest BCUT2D eigenvalue weighted by Gasteiger charge is -2.15. The molecule has 1 rings (SSSR count). The van der Waals surface area contributed by atoms with E-state index in [1.807, 2.05) is 20.1 Å². The van der Waals surface area contributed by atoms with E-state index in [0.29, 0.717) is 12.5 Å². The molecule has 0 aliphatic rings. The average Bonchev–Trinajstić information content (AvgIpc) is 2.39. The normalized spacial score (nSPS) is 13.2. The van der Waals surface area contributed by atoms with Crippen molar-refractivity contribution in [2.24, 2.45) is 0 Å². The Kier molecular flexibility index (Phi) is 6.53. The molecule has 1 aromatic heterocycles. The summed E-state index contributed by atoms with van der Waals surface area (Å²) in [6.07, 6.45) is 5.33. The molecule has 0 spiro atoms. The summed E-state index contributed by atoms with van der Waals surface area (Å²) in [5.74, 6) is 1.17. The Balaban J connectivity index is 2.81. The molecular formula is C11H20N4O2S2. The van der Waals surface area contributed by atoms with Crippen molar-refractivity contribution in [3.05, 3.63) is 12.4 Å². The number of nitrogens with zero attached hydrogens (tertiary/aromatic N) is 2. The predicted octanol–water partition coefficient (Wildman–Crippen LogP) is 1.33. The molecule has 19 heavy (non-hydrogen) atoms. The molecule has 2 N–H and O–H groups in total. The third kappa shape index (κ3) is 4.96. The topological polar surface area (TPSA) is 84.0 Å². The Hall–Kier alpha value is -0.860. The molecule has 0 saturated carbocycles. The quantitative estimate of drug-likeness (QED) is 0.754. The van der Waals surface area contributed by atoms with Gasteiger partial charge in [0.2, 0.25) is 16.0 Å². The third-order valence-electron chi connectivity index (χ3n) is 2.46. The van der Waals surface area contributed by atoms with Gasteiger partial charge in [-0.1, -0.05) is 6.92 Å². The fraction of sp³-hybridized carbons (Fsp3) is 0.636. The second-order valence-corrected chi connectivity index (χ2v) is 6.58. The van der Waals surface area contributed by atoms with E-state index in [1.54, 1.807) is 11.8 Å². The van der Waals surface area contributed by atoms with Crippen molar-refractivity contribution >= 4 is 27.7 Å². The second kappa shape index (κ2) is 7.66. The van der Waals surface area contributed by atoms with Crippen LogP contribution in [0.5, 0.6) is 0 Å². The van der Waals surface area contributed by atoms with Gasteiger partial charge in [0.1, 0.15) is 4.90 Å². The smallest absolute Gasteiger partial charge is 0.243 e. The highest BCUT2D eigenvalue weighted by molar-refractivity contribution is 7.98. The number of sulfonamides is 1. The zero-order chi connectivity index (χ0) is 14.3. The third-order valence-corrected chi connectivity index (χ3v) is 4.67. The molecular weight excluding hydrogens is 284 g/mol. The van der Waals surface area contributed by atoms with Crippen molar-refractivity contribution < 1.29 is 8.42 Å². The maximum absolute atomic E-state index is 12.1. The molecule has 0 fully saturated rings. The molecule has 0 aliphatic heterocycles. The number of anilines is 1. The molecule has 0 bridgehead atoms. The Labute approximate surface area is 118 Å². The monoisotopic (exact) mass is 304 g/mol. The van der Waals surface area contributed by atoms with Gasteiger partial charge in [-0.05, 0) is 19.6 Å². The first kappa shape index (κ1) is 16.2. The standard InChI is InChI=1S/C11H20N4O2S2/c1-4-9(8-18-3)15-19(16,17)10-6-13-11(12-5-2)14-7-10/h6-7,9,15H,4-5,8H2,1-3H3,(H,12,13,14). The van der Waals surface area contributed by atoms with E-state index in [1.165, 1.54) is 12.4 Å². The van der Waals surface area contributed by atoms with E-state index in [-0.39, 0.29) is 10.9 Å². The van der Waals surface area contributed by atoms with Crippen LogP contribution in [0.2, 0.25) is 0 Å². The van der Waals surface area contributed by atoms with Gasteiger partial charge in [-0.15, -0.1) is 0 Å². The maximum Gasteiger partial charge on any atom is 0.243 e. The maximum atomic E-state index is 12.1. The van der Waals surface area contributed by atoms with Gasteiger partial charge in [0, 0.05) is 18.3 Å². The van der Waals surface area contributed by atoms with Crippen molar-refractivity contribution in [3.8, 4) is 0 Å². The number of aromatic nitrogens is 2. The van der Waals surface area contributed by atoms with Crippen LogP contribution in [0.4, 0.5) is 5.95 Å². The van der Waals surface area contributed by atoms with Gasteiger partial charge in [-0.3, -0.25) is 0 Å². The fourth-order valence-corrected chi connectivity index (χ4v) is 3.46. The number of nitrogens with one attached hydrogen (secondary N) is 2. The zero-order valence-electron chi connectivity index (χ0n) is 11.4. The Morgan fingerprint density at radius 2 is 1.95 bits per heavy atom. The van der Waals surface area contributed by atoms with Crippen LogP contribution in [-0.2, 0) is 10.0 Å². The lowest BCUT2D eigenvalue weighted by atomic mass is 10.3. The average molecular weight is 304 g/mol. The Morgan fingerprint density at radius 3 is 2.42 bits per heavy atom. The van der Waals surface area contributed by atoms with E-state index >= 15 is 0 Å². The van der Waals surface area contributed by atoms with Gasteiger partial charge in [0.25, 0.3) is 0 Å². The van der Waals surface area contributed by atoms with E-state index in [2.05, 4.69) is 20.0 Å². The van der Waals surface area contributed by atoms with Gasteiger partial charge in [-0.2, -0.15) is 11.8 Å². The first-order valence-corrected chi connectivity index (χ1v) is 8.98. The van der Waals surface area contributed by atoms with Crippen LogP contribution < -0.4 is 10.0 Å². The Bertz CT molecular complexity index is 476. The fourth-order valence-electron chi connectivity index (χ4n) is 1.43. The zero-order valence-corrected chi connectivity index (χ0v) is 13.0. The summed E-state index contributed by atoms with van der Waals surface area (Å²) < 4.78 is 26.9. The SMILES string of the molecule is CCNc1ncc(S(=O)(=O)NC(CC)CSC)cn1. The lowest BCUT2D eigenvalue weighted by Crippen LogP contribution is -2.36. The summed E-state index contributed by atoms with van der Waals surface area (Å²) in [5.41, 5.74) is 0. The van der Waals surface area contributed by atoms with Crippen molar-refractivity contribution in [2.45, 2.75) is 31.2 Å². The number of hydrogen-bond donors (Lipinski definition) is 2. The molecule has 1 atom stereocenters. The number of hydrogen-bond acceptors (Lipinski definition) is 6. The van der Waals surface area contributed by atoms with E-state index in [9.17, 15) is 8.42 Å². The Morgan fingerprint density at radius 1 is 1.32 bits per heavy atom. The predicted molar refractivity (Wildman–Crippen MR) is 79.0 cm³/mol. The highest BCUT2D eigenvalue weighted by Crippen LogP contribution is 2.10. The van der Waals surface area contributed by atoms with Gasteiger partial charge in [-0.25, -0.2) is 23.1 Å². The molecule has 0 aromatic carbocycles. The van der Waals surface area contributed by atoms with Crippen molar-refractivity contribution in [1.29, 1.82) is 0 Å². The summed E-state index contributed by atoms with van der Waals surface area (Å²) in [4.78, 5) is 8.03. The molecule has 0 aliphatic carbocycles. The van der Waals surface area contributed by atoms with Crippen LogP contribution in [0.15, 0.2) is 17.3 Å². The van der Waals surface area contributed by atoms with Crippen LogP contribution >= 0.6 is 11.8 Å². The van der Waals surface area contributed by atoms with E-state index < -0.39 is 10.0 Å². The lowest BCUT2D eigenvalue weighted by molar-refractivity contribution is 0.557. The number of thioether (sulfide) groups is 1. The minimum atomic E-state index is -3.54. The molecule has 1 unspecified atom stereocenters. The van der Waals surface area contributed by atoms with Gasteiger partial charge >= 0.3 is 0 Å². The van der Waals surface area contributed by atoms with E-state index in [4.69, 9.17) is 0 Å². The second-order valence-electron chi connectivity index (χ2n) is 3.95. The molecule has 1 heterocycles. The largest absolute Gasteiger partial charge is 0.355 e. The number of rotatable bonds is 8. The van der Waals surface area contributed by atoms with Crippen molar-refractivity contribution in [3.63, 3.8) is 0 Å². The molecule has 0 radical (unpaired) electrons. The molecule has 8 heteroatoms. The first-order chi connectivity index (χ1) is 9.03. The van der Waals surface area contributed by atoms with Gasteiger partial charge < -0.3 is 5.32 Å². The molecule has 0 amide bonds. The molecule has 1 aromatic rings. The van der Waals surface area contributed by atoms with Crippen LogP contribution in [0.25, 0.3) is 0 Å². The van der Waals surface area contributed by atoms with Crippen LogP contribution in [0, 0.1) is 0 Å². The van der Waals surface area contributed by atoms with E-state index in [0.717, 1.165) is 12.2 Å². The summed E-state index contributed by atoms with van der Waals surface area (Å²) in [6, 6.07) is -0.0755. The van der Waals surface area contributed by atoms with Crippen molar-refractivity contribution in [1.82, 2.24) is 14.7 Å². The summed E-state index contributed by atoms with van der Waals surface area (Å²) >= 11 is 1.61. The van der Waals surface area contributed by atoms with Crippen molar-refractivity contribution in [2.75, 3.05) is 23.9 Å². The van der Waals surface area contributed by atoms with Crippen LogP contribution in [0.1, 0.15) is 20.3 Å². The summed E-state index contributed by atoms with van der Waals surface area (Å²) in [5, 5.41) is 2.92. The summed E-state index contributed by atoms with van der Waals surface area (Å²) in [7, 11) is -3.54. The highest BCUT2D eigenvalue weighted by Gasteiger charge is 2.19. The highest BCUT2D eigenvalue weighted by atomic mass is 32.2. The van der Waals surface area contributed by atoms with Gasteiger partial charge in [0.15, 0.2) is 0 Å². The molecule has 0 saturated heterocycles. The first-order valence-electron chi connectivity index (χ1n) is 6.10.